The zero-order valence-corrected chi connectivity index (χ0v) is 12.9. The summed E-state index contributed by atoms with van der Waals surface area (Å²) in [6, 6.07) is 3.98. The Morgan fingerprint density at radius 2 is 1.95 bits per heavy atom. The van der Waals surface area contributed by atoms with Gasteiger partial charge in [0.25, 0.3) is 0 Å². The van der Waals surface area contributed by atoms with Crippen LogP contribution < -0.4 is 5.32 Å². The van der Waals surface area contributed by atoms with Gasteiger partial charge in [0.2, 0.25) is 0 Å². The molecule has 21 heavy (non-hydrogen) atoms. The van der Waals surface area contributed by atoms with E-state index in [-0.39, 0.29) is 10.6 Å². The van der Waals surface area contributed by atoms with Crippen LogP contribution in [0, 0.1) is 11.6 Å². The number of piperazine rings is 1. The molecule has 0 bridgehead atoms. The summed E-state index contributed by atoms with van der Waals surface area (Å²) in [6.45, 7) is 3.10. The third-order valence-electron chi connectivity index (χ3n) is 3.73. The second-order valence-corrected chi connectivity index (χ2v) is 6.19. The highest BCUT2D eigenvalue weighted by molar-refractivity contribution is 7.08. The molecule has 1 atom stereocenters. The molecule has 3 rings (SSSR count). The van der Waals surface area contributed by atoms with Crippen LogP contribution in [-0.4, -0.2) is 31.1 Å². The number of nitrogens with one attached hydrogen (secondary N) is 1. The zero-order chi connectivity index (χ0) is 14.8. The molecule has 1 N–H and O–H groups in total. The van der Waals surface area contributed by atoms with Crippen molar-refractivity contribution in [2.75, 3.05) is 26.2 Å². The summed E-state index contributed by atoms with van der Waals surface area (Å²) in [4.78, 5) is 2.09. The molecule has 6 heteroatoms. The smallest absolute Gasteiger partial charge is 0.149 e. The maximum Gasteiger partial charge on any atom is 0.149 e. The van der Waals surface area contributed by atoms with E-state index < -0.39 is 17.7 Å². The lowest BCUT2D eigenvalue weighted by molar-refractivity contribution is 0.192. The molecule has 0 spiro atoms. The molecule has 1 aromatic carbocycles. The summed E-state index contributed by atoms with van der Waals surface area (Å²) in [5, 5.41) is 7.07. The molecule has 1 aromatic heterocycles. The van der Waals surface area contributed by atoms with Gasteiger partial charge in [0.05, 0.1) is 11.1 Å². The van der Waals surface area contributed by atoms with E-state index in [0.717, 1.165) is 31.7 Å². The molecule has 1 saturated heterocycles. The fraction of sp³-hybridized carbons (Fsp3) is 0.333. The van der Waals surface area contributed by atoms with Crippen molar-refractivity contribution in [3.05, 3.63) is 56.7 Å². The Bertz CT molecular complexity index is 612. The first-order chi connectivity index (χ1) is 10.2. The topological polar surface area (TPSA) is 15.3 Å². The highest BCUT2D eigenvalue weighted by Crippen LogP contribution is 2.35. The Morgan fingerprint density at radius 3 is 2.62 bits per heavy atom. The molecule has 2 aromatic rings. The van der Waals surface area contributed by atoms with Gasteiger partial charge in [-0.1, -0.05) is 11.6 Å². The van der Waals surface area contributed by atoms with Crippen molar-refractivity contribution in [1.29, 1.82) is 0 Å². The van der Waals surface area contributed by atoms with Gasteiger partial charge in [0.15, 0.2) is 0 Å². The number of hydrogen-bond donors (Lipinski definition) is 1. The van der Waals surface area contributed by atoms with Gasteiger partial charge in [-0.25, -0.2) is 8.78 Å². The third-order valence-corrected chi connectivity index (χ3v) is 4.72. The Morgan fingerprint density at radius 1 is 1.19 bits per heavy atom. The van der Waals surface area contributed by atoms with Crippen LogP contribution in [0.5, 0.6) is 0 Å². The minimum Gasteiger partial charge on any atom is -0.314 e. The summed E-state index contributed by atoms with van der Waals surface area (Å²) in [5.41, 5.74) is 0.949. The molecule has 2 heterocycles. The summed E-state index contributed by atoms with van der Waals surface area (Å²) in [7, 11) is 0. The SMILES string of the molecule is Fc1ccc(Cl)c(F)c1[C@@H](c1ccsc1)N1CCNCC1. The predicted molar refractivity (Wildman–Crippen MR) is 82.0 cm³/mol. The number of hydrogen-bond acceptors (Lipinski definition) is 3. The van der Waals surface area contributed by atoms with Gasteiger partial charge in [-0.15, -0.1) is 0 Å². The van der Waals surface area contributed by atoms with Crippen LogP contribution in [0.2, 0.25) is 5.02 Å². The Balaban J connectivity index is 2.09. The lowest BCUT2D eigenvalue weighted by atomic mass is 9.97. The second-order valence-electron chi connectivity index (χ2n) is 5.00. The second kappa shape index (κ2) is 6.40. The molecule has 112 valence electrons. The van der Waals surface area contributed by atoms with Crippen LogP contribution in [-0.2, 0) is 0 Å². The number of benzene rings is 1. The van der Waals surface area contributed by atoms with Crippen LogP contribution in [0.1, 0.15) is 17.2 Å². The third kappa shape index (κ3) is 2.97. The van der Waals surface area contributed by atoms with Gasteiger partial charge in [-0.05, 0) is 34.5 Å². The van der Waals surface area contributed by atoms with E-state index in [2.05, 4.69) is 10.2 Å². The average molecular weight is 329 g/mol. The monoisotopic (exact) mass is 328 g/mol. The van der Waals surface area contributed by atoms with E-state index in [1.54, 1.807) is 0 Å². The van der Waals surface area contributed by atoms with Crippen molar-refractivity contribution in [3.8, 4) is 0 Å². The van der Waals surface area contributed by atoms with E-state index >= 15 is 0 Å². The van der Waals surface area contributed by atoms with E-state index in [4.69, 9.17) is 11.6 Å². The van der Waals surface area contributed by atoms with Crippen molar-refractivity contribution in [1.82, 2.24) is 10.2 Å². The molecule has 1 aliphatic heterocycles. The molecular weight excluding hydrogens is 314 g/mol. The van der Waals surface area contributed by atoms with E-state index in [0.29, 0.717) is 0 Å². The van der Waals surface area contributed by atoms with Crippen molar-refractivity contribution in [2.45, 2.75) is 6.04 Å². The zero-order valence-electron chi connectivity index (χ0n) is 11.3. The Kier molecular flexibility index (Phi) is 4.54. The molecule has 2 nitrogen and oxygen atoms in total. The van der Waals surface area contributed by atoms with Gasteiger partial charge in [-0.2, -0.15) is 11.3 Å². The maximum atomic E-state index is 14.4. The van der Waals surface area contributed by atoms with Gasteiger partial charge in [-0.3, -0.25) is 4.90 Å². The first-order valence-corrected chi connectivity index (χ1v) is 8.11. The first-order valence-electron chi connectivity index (χ1n) is 6.78. The lowest BCUT2D eigenvalue weighted by Crippen LogP contribution is -2.45. The lowest BCUT2D eigenvalue weighted by Gasteiger charge is -2.35. The average Bonchev–Trinajstić information content (AvgIpc) is 3.02. The number of halogens is 3. The van der Waals surface area contributed by atoms with Crippen molar-refractivity contribution < 1.29 is 8.78 Å². The van der Waals surface area contributed by atoms with E-state index in [1.807, 2.05) is 16.8 Å². The largest absolute Gasteiger partial charge is 0.314 e. The molecule has 0 radical (unpaired) electrons. The van der Waals surface area contributed by atoms with Crippen LogP contribution in [0.15, 0.2) is 29.0 Å². The summed E-state index contributed by atoms with van der Waals surface area (Å²) < 4.78 is 28.7. The van der Waals surface area contributed by atoms with Crippen molar-refractivity contribution >= 4 is 22.9 Å². The fourth-order valence-electron chi connectivity index (χ4n) is 2.72. The molecule has 0 unspecified atom stereocenters. The Hall–Kier alpha value is -1.01. The quantitative estimate of drug-likeness (QED) is 0.865. The van der Waals surface area contributed by atoms with Crippen LogP contribution in [0.25, 0.3) is 0 Å². The fourth-order valence-corrected chi connectivity index (χ4v) is 3.57. The van der Waals surface area contributed by atoms with Crippen LogP contribution >= 0.6 is 22.9 Å². The normalized spacial score (nSPS) is 17.9. The number of thiophene rings is 1. The molecular formula is C15H15ClF2N2S. The molecule has 0 amide bonds. The van der Waals surface area contributed by atoms with Crippen molar-refractivity contribution in [2.24, 2.45) is 0 Å². The first kappa shape index (κ1) is 14.9. The Labute approximate surface area is 131 Å². The predicted octanol–water partition coefficient (Wildman–Crippen LogP) is 3.67. The molecule has 1 fully saturated rings. The van der Waals surface area contributed by atoms with Gasteiger partial charge in [0.1, 0.15) is 11.6 Å². The highest BCUT2D eigenvalue weighted by Gasteiger charge is 2.30. The number of nitrogens with zero attached hydrogens (tertiary/aromatic N) is 1. The summed E-state index contributed by atoms with van der Waals surface area (Å²) in [6.07, 6.45) is 0. The summed E-state index contributed by atoms with van der Waals surface area (Å²) in [5.74, 6) is -1.21. The van der Waals surface area contributed by atoms with Crippen LogP contribution in [0.4, 0.5) is 8.78 Å². The highest BCUT2D eigenvalue weighted by atomic mass is 35.5. The van der Waals surface area contributed by atoms with Gasteiger partial charge < -0.3 is 5.32 Å². The standard InChI is InChI=1S/C15H15ClF2N2S/c16-11-1-2-12(17)13(14(11)18)15(10-3-8-21-9-10)20-6-4-19-5-7-20/h1-3,8-9,15,19H,4-7H2/t15-/m1/s1. The number of rotatable bonds is 3. The van der Waals surface area contributed by atoms with Gasteiger partial charge in [0, 0.05) is 31.7 Å². The van der Waals surface area contributed by atoms with E-state index in [1.165, 1.54) is 23.5 Å². The summed E-state index contributed by atoms with van der Waals surface area (Å²) >= 11 is 7.38. The van der Waals surface area contributed by atoms with Crippen molar-refractivity contribution in [3.63, 3.8) is 0 Å². The van der Waals surface area contributed by atoms with Crippen LogP contribution in [0.3, 0.4) is 0 Å². The minimum absolute atomic E-state index is 0.0400. The van der Waals surface area contributed by atoms with Gasteiger partial charge >= 0.3 is 0 Å². The minimum atomic E-state index is -0.661. The molecule has 1 aliphatic rings. The van der Waals surface area contributed by atoms with E-state index in [9.17, 15) is 8.78 Å². The molecule has 0 saturated carbocycles. The molecule has 0 aliphatic carbocycles. The maximum absolute atomic E-state index is 14.4.